The zero-order valence-electron chi connectivity index (χ0n) is 46.2. The predicted molar refractivity (Wildman–Crippen MR) is 287 cm³/mol. The van der Waals surface area contributed by atoms with Crippen LogP contribution >= 0.6 is 0 Å². The van der Waals surface area contributed by atoms with Gasteiger partial charge in [-0.15, -0.1) is 0 Å². The minimum absolute atomic E-state index is 0.264. The van der Waals surface area contributed by atoms with Crippen LogP contribution in [0.15, 0.2) is 0 Å². The zero-order valence-corrected chi connectivity index (χ0v) is 57.2. The van der Waals surface area contributed by atoms with Crippen LogP contribution < -0.4 is 0 Å². The Morgan fingerprint density at radius 1 is 0.391 bits per heavy atom. The summed E-state index contributed by atoms with van der Waals surface area (Å²) < 4.78 is 78.9. The number of carbonyl (C=O) groups is 2. The fourth-order valence-electron chi connectivity index (χ4n) is 8.99. The Labute approximate surface area is 404 Å². The van der Waals surface area contributed by atoms with Crippen molar-refractivity contribution in [3.63, 3.8) is 0 Å². The Balaban J connectivity index is 5.46. The van der Waals surface area contributed by atoms with Crippen molar-refractivity contribution in [3.05, 3.63) is 0 Å². The molecule has 0 bridgehead atoms. The van der Waals surface area contributed by atoms with Gasteiger partial charge in [0.15, 0.2) is 16.6 Å². The minimum atomic E-state index is -2.78. The molecular weight excluding hydrogens is 1000 g/mol. The Morgan fingerprint density at radius 3 is 0.953 bits per heavy atom. The van der Waals surface area contributed by atoms with Gasteiger partial charge < -0.3 is 50.6 Å². The number of carbonyl (C=O) groups excluding carboxylic acids is 2. The maximum absolute atomic E-state index is 13.2. The average molecular weight is 1100 g/mol. The summed E-state index contributed by atoms with van der Waals surface area (Å²) in [6, 6.07) is 0.793. The molecule has 0 fully saturated rings. The van der Waals surface area contributed by atoms with Crippen LogP contribution in [0.1, 0.15) is 60.3 Å². The Kier molecular flexibility index (Phi) is 23.8. The number of hydrogen-bond donors (Lipinski definition) is 0. The van der Waals surface area contributed by atoms with E-state index in [1.54, 1.807) is 0 Å². The fourth-order valence-corrected chi connectivity index (χ4v) is 64.4. The van der Waals surface area contributed by atoms with E-state index in [-0.39, 0.29) is 18.5 Å². The van der Waals surface area contributed by atoms with Gasteiger partial charge in [-0.1, -0.05) is 13.8 Å². The summed E-state index contributed by atoms with van der Waals surface area (Å²) in [7, 11) is -28.1. The summed E-state index contributed by atoms with van der Waals surface area (Å²) in [5, 5.41) is 0. The molecule has 0 amide bonds. The van der Waals surface area contributed by atoms with E-state index in [0.29, 0.717) is 25.9 Å². The molecule has 0 aromatic heterocycles. The minimum Gasteiger partial charge on any atom is -0.465 e. The molecule has 382 valence electrons. The number of ether oxygens (including phenoxy) is 2. The van der Waals surface area contributed by atoms with Gasteiger partial charge in [0.05, 0.1) is 24.0 Å². The van der Waals surface area contributed by atoms with E-state index in [4.69, 9.17) is 50.6 Å². The van der Waals surface area contributed by atoms with Gasteiger partial charge in [0.25, 0.3) is 0 Å². The molecule has 0 radical (unpaired) electrons. The van der Waals surface area contributed by atoms with Crippen LogP contribution in [-0.2, 0) is 60.2 Å². The summed E-state index contributed by atoms with van der Waals surface area (Å²) in [4.78, 5) is 26.1. The van der Waals surface area contributed by atoms with Crippen LogP contribution in [0.5, 0.6) is 0 Å². The van der Waals surface area contributed by atoms with E-state index in [9.17, 15) is 9.59 Å². The van der Waals surface area contributed by atoms with Crippen molar-refractivity contribution in [3.8, 4) is 0 Å². The quantitative estimate of drug-likeness (QED) is 0.0369. The predicted octanol–water partition coefficient (Wildman–Crippen LogP) is 12.2. The Hall–Kier alpha value is 0.926. The van der Waals surface area contributed by atoms with Crippen LogP contribution in [0.25, 0.3) is 0 Å². The third-order valence-electron chi connectivity index (χ3n) is 9.26. The summed E-state index contributed by atoms with van der Waals surface area (Å²) >= 11 is 0. The first-order valence-electron chi connectivity index (χ1n) is 23.3. The summed E-state index contributed by atoms with van der Waals surface area (Å²) in [5.41, 5.74) is -1.60. The molecule has 1 atom stereocenters. The summed E-state index contributed by atoms with van der Waals surface area (Å²) in [5.74, 6) is -0.573. The van der Waals surface area contributed by atoms with Crippen molar-refractivity contribution in [2.45, 2.75) is 217 Å². The van der Waals surface area contributed by atoms with E-state index in [0.717, 1.165) is 12.5 Å². The lowest BCUT2D eigenvalue weighted by atomic mass is 9.72. The lowest BCUT2D eigenvalue weighted by Crippen LogP contribution is -2.62. The lowest BCUT2D eigenvalue weighted by Gasteiger charge is -2.45. The normalized spacial score (nSPS) is 15.9. The van der Waals surface area contributed by atoms with Gasteiger partial charge in [-0.05, 0) is 203 Å². The smallest absolute Gasteiger partial charge is 0.314 e. The number of hydrogen-bond acceptors (Lipinski definition) is 14. The van der Waals surface area contributed by atoms with Crippen LogP contribution in [-0.4, -0.2) is 119 Å². The first-order valence-corrected chi connectivity index (χ1v) is 55.2. The molecule has 0 heterocycles. The summed E-state index contributed by atoms with van der Waals surface area (Å²) in [6.07, 6.45) is 2.35. The summed E-state index contributed by atoms with van der Waals surface area (Å²) in [6.45, 7) is 58.2. The van der Waals surface area contributed by atoms with Crippen molar-refractivity contribution >= 4 is 106 Å². The molecule has 0 aliphatic carbocycles. The second kappa shape index (κ2) is 23.4. The molecule has 0 saturated heterocycles. The molecular formula is C39H98O14Si11. The highest BCUT2D eigenvalue weighted by Crippen LogP contribution is 2.39. The van der Waals surface area contributed by atoms with Gasteiger partial charge in [-0.2, -0.15) is 0 Å². The topological polar surface area (TPSA) is 145 Å². The van der Waals surface area contributed by atoms with Crippen molar-refractivity contribution in [1.82, 2.24) is 0 Å². The first kappa shape index (κ1) is 64.9. The Morgan fingerprint density at radius 2 is 0.672 bits per heavy atom. The van der Waals surface area contributed by atoms with Crippen LogP contribution in [0, 0.1) is 10.8 Å². The molecule has 14 nitrogen and oxygen atoms in total. The standard InChI is InChI=1S/C39H98O14Si11/c1-29-32-42-37(41)39(5,30-2)35-38(3,4)36(40)43-33-31-34-55(9,10)45-57(13,14)47-59(17,18)49-61(21,22)51-63(25,26)53-64(27,28)52-62(23,24)50-60(19,20)48-58(15,16)46-56(11,12)44-54(6,7)8/h29-35H2,1-28H3. The monoisotopic (exact) mass is 1100 g/mol. The molecule has 0 aromatic rings. The largest absolute Gasteiger partial charge is 0.465 e. The second-order valence-electron chi connectivity index (χ2n) is 23.8. The van der Waals surface area contributed by atoms with E-state index >= 15 is 0 Å². The van der Waals surface area contributed by atoms with Crippen LogP contribution in [0.2, 0.25) is 157 Å². The molecule has 0 spiro atoms. The highest BCUT2D eigenvalue weighted by molar-refractivity contribution is 6.93. The fraction of sp³-hybridized carbons (Fsp3) is 0.949. The van der Waals surface area contributed by atoms with Crippen molar-refractivity contribution in [2.75, 3.05) is 13.2 Å². The number of rotatable bonds is 31. The van der Waals surface area contributed by atoms with Gasteiger partial charge >= 0.3 is 89.0 Å². The molecule has 0 aliphatic heterocycles. The van der Waals surface area contributed by atoms with Gasteiger partial charge in [0.2, 0.25) is 0 Å². The zero-order chi connectivity index (χ0) is 51.1. The van der Waals surface area contributed by atoms with E-state index in [2.05, 4.69) is 151 Å². The van der Waals surface area contributed by atoms with E-state index in [1.165, 1.54) is 0 Å². The molecule has 0 aliphatic rings. The molecule has 0 N–H and O–H groups in total. The third-order valence-corrected chi connectivity index (χ3v) is 50.9. The van der Waals surface area contributed by atoms with Gasteiger partial charge in [0, 0.05) is 0 Å². The van der Waals surface area contributed by atoms with Gasteiger partial charge in [-0.25, -0.2) is 0 Å². The van der Waals surface area contributed by atoms with Crippen LogP contribution in [0.3, 0.4) is 0 Å². The van der Waals surface area contributed by atoms with Crippen molar-refractivity contribution in [2.24, 2.45) is 10.8 Å². The molecule has 0 rings (SSSR count). The average Bonchev–Trinajstić information content (AvgIpc) is 2.94. The van der Waals surface area contributed by atoms with Gasteiger partial charge in [0.1, 0.15) is 0 Å². The maximum Gasteiger partial charge on any atom is 0.314 e. The lowest BCUT2D eigenvalue weighted by molar-refractivity contribution is -0.163. The maximum atomic E-state index is 13.2. The second-order valence-corrected chi connectivity index (χ2v) is 65.4. The van der Waals surface area contributed by atoms with E-state index in [1.807, 2.05) is 34.6 Å². The Bertz CT molecular complexity index is 1500. The molecule has 1 unspecified atom stereocenters. The van der Waals surface area contributed by atoms with Crippen molar-refractivity contribution < 1.29 is 60.2 Å². The molecule has 0 aromatic carbocycles. The number of esters is 2. The highest BCUT2D eigenvalue weighted by atomic mass is 28.5. The van der Waals surface area contributed by atoms with Crippen LogP contribution in [0.4, 0.5) is 0 Å². The molecule has 64 heavy (non-hydrogen) atoms. The van der Waals surface area contributed by atoms with Gasteiger partial charge in [-0.3, -0.25) is 9.59 Å². The first-order chi connectivity index (χ1) is 27.9. The van der Waals surface area contributed by atoms with Crippen molar-refractivity contribution in [1.29, 1.82) is 0 Å². The SMILES string of the molecule is CCCOC(=O)C(C)(CC)CC(C)(C)C(=O)OCCC[Si](C)(C)O[Si](C)(C)O[Si](C)(C)O[Si](C)(C)O[Si](C)(C)O[Si](C)(C)O[Si](C)(C)O[Si](C)(C)O[Si](C)(C)O[Si](C)(C)O[Si](C)(C)C. The molecule has 0 saturated carbocycles. The highest BCUT2D eigenvalue weighted by Gasteiger charge is 2.51. The molecule has 25 heteroatoms. The third kappa shape index (κ3) is 27.4. The van der Waals surface area contributed by atoms with E-state index < -0.39 is 105 Å².